The highest BCUT2D eigenvalue weighted by Crippen LogP contribution is 2.30. The smallest absolute Gasteiger partial charge is 0.269 e. The van der Waals surface area contributed by atoms with Gasteiger partial charge in [-0.15, -0.1) is 0 Å². The van der Waals surface area contributed by atoms with Crippen LogP contribution in [-0.4, -0.2) is 24.7 Å². The van der Waals surface area contributed by atoms with Crippen LogP contribution < -0.4 is 14.2 Å². The summed E-state index contributed by atoms with van der Waals surface area (Å²) < 4.78 is 17.2. The average Bonchev–Trinajstić information content (AvgIpc) is 2.82. The van der Waals surface area contributed by atoms with Crippen LogP contribution in [0, 0.1) is 21.4 Å². The minimum Gasteiger partial charge on any atom is -0.490 e. The van der Waals surface area contributed by atoms with E-state index in [9.17, 15) is 15.4 Å². The minimum absolute atomic E-state index is 0.0255. The van der Waals surface area contributed by atoms with E-state index in [1.807, 2.05) is 43.3 Å². The van der Waals surface area contributed by atoms with Gasteiger partial charge in [-0.3, -0.25) is 10.1 Å². The molecule has 3 aromatic carbocycles. The largest absolute Gasteiger partial charge is 0.490 e. The number of nitro groups is 1. The van der Waals surface area contributed by atoms with Crippen LogP contribution in [0.4, 0.5) is 5.69 Å². The molecule has 0 N–H and O–H groups in total. The summed E-state index contributed by atoms with van der Waals surface area (Å²) in [6.45, 7) is 3.06. The number of non-ortho nitro benzene ring substituents is 1. The first-order chi connectivity index (χ1) is 15.6. The third-order valence-corrected chi connectivity index (χ3v) is 4.44. The van der Waals surface area contributed by atoms with Gasteiger partial charge in [0.2, 0.25) is 0 Å². The maximum atomic E-state index is 10.8. The van der Waals surface area contributed by atoms with Gasteiger partial charge >= 0.3 is 0 Å². The zero-order valence-corrected chi connectivity index (χ0v) is 17.6. The van der Waals surface area contributed by atoms with Crippen molar-refractivity contribution in [3.05, 3.63) is 94.0 Å². The highest BCUT2D eigenvalue weighted by atomic mass is 16.6. The van der Waals surface area contributed by atoms with Crippen molar-refractivity contribution in [2.24, 2.45) is 0 Å². The number of hydrogen-bond donors (Lipinski definition) is 0. The van der Waals surface area contributed by atoms with Crippen LogP contribution in [0.5, 0.6) is 17.2 Å². The number of benzene rings is 3. The number of nitro benzene ring substituents is 1. The van der Waals surface area contributed by atoms with Gasteiger partial charge in [-0.25, -0.2) is 0 Å². The van der Waals surface area contributed by atoms with Crippen molar-refractivity contribution in [1.29, 1.82) is 5.26 Å². The van der Waals surface area contributed by atoms with Crippen LogP contribution in [0.2, 0.25) is 0 Å². The molecule has 0 heterocycles. The normalized spacial score (nSPS) is 10.8. The molecule has 0 saturated carbocycles. The molecule has 0 aliphatic heterocycles. The van der Waals surface area contributed by atoms with Gasteiger partial charge in [0.25, 0.3) is 5.69 Å². The fourth-order valence-electron chi connectivity index (χ4n) is 2.94. The van der Waals surface area contributed by atoms with E-state index in [4.69, 9.17) is 14.2 Å². The summed E-state index contributed by atoms with van der Waals surface area (Å²) >= 11 is 0. The topological polar surface area (TPSA) is 94.6 Å². The average molecular weight is 430 g/mol. The Morgan fingerprint density at radius 3 is 2.34 bits per heavy atom. The lowest BCUT2D eigenvalue weighted by Gasteiger charge is -2.13. The van der Waals surface area contributed by atoms with Crippen LogP contribution in [-0.2, 0) is 0 Å². The zero-order valence-electron chi connectivity index (χ0n) is 17.6. The summed E-state index contributed by atoms with van der Waals surface area (Å²) in [7, 11) is 0. The predicted molar refractivity (Wildman–Crippen MR) is 122 cm³/mol. The molecule has 0 unspecified atom stereocenters. The van der Waals surface area contributed by atoms with Crippen molar-refractivity contribution >= 4 is 17.3 Å². The summed E-state index contributed by atoms with van der Waals surface area (Å²) in [5.74, 6) is 1.91. The van der Waals surface area contributed by atoms with Crippen LogP contribution in [0.1, 0.15) is 18.1 Å². The lowest BCUT2D eigenvalue weighted by atomic mass is 10.0. The van der Waals surface area contributed by atoms with Gasteiger partial charge in [-0.05, 0) is 60.5 Å². The monoisotopic (exact) mass is 430 g/mol. The van der Waals surface area contributed by atoms with Gasteiger partial charge in [0.15, 0.2) is 11.5 Å². The maximum Gasteiger partial charge on any atom is 0.269 e. The van der Waals surface area contributed by atoms with E-state index in [1.165, 1.54) is 12.1 Å². The molecule has 162 valence electrons. The highest BCUT2D eigenvalue weighted by molar-refractivity contribution is 5.90. The quantitative estimate of drug-likeness (QED) is 0.138. The Kier molecular flexibility index (Phi) is 7.82. The van der Waals surface area contributed by atoms with E-state index < -0.39 is 4.92 Å². The van der Waals surface area contributed by atoms with Crippen molar-refractivity contribution in [2.45, 2.75) is 6.92 Å². The molecular weight excluding hydrogens is 408 g/mol. The Morgan fingerprint density at radius 2 is 1.69 bits per heavy atom. The molecule has 0 bridgehead atoms. The lowest BCUT2D eigenvalue weighted by molar-refractivity contribution is -0.384. The van der Waals surface area contributed by atoms with E-state index in [-0.39, 0.29) is 5.69 Å². The summed E-state index contributed by atoms with van der Waals surface area (Å²) in [6, 6.07) is 22.9. The van der Waals surface area contributed by atoms with Gasteiger partial charge in [0, 0.05) is 12.1 Å². The number of rotatable bonds is 10. The van der Waals surface area contributed by atoms with Gasteiger partial charge in [-0.1, -0.05) is 24.3 Å². The Labute approximate surface area is 186 Å². The van der Waals surface area contributed by atoms with E-state index in [0.717, 1.165) is 11.3 Å². The summed E-state index contributed by atoms with van der Waals surface area (Å²) in [5.41, 5.74) is 1.69. The van der Waals surface area contributed by atoms with Gasteiger partial charge in [0.1, 0.15) is 19.0 Å². The Bertz CT molecular complexity index is 1120. The molecule has 3 rings (SSSR count). The molecule has 0 aliphatic carbocycles. The zero-order chi connectivity index (χ0) is 22.8. The molecule has 32 heavy (non-hydrogen) atoms. The molecule has 0 amide bonds. The second-order valence-electron chi connectivity index (χ2n) is 6.62. The molecular formula is C25H22N2O5. The summed E-state index contributed by atoms with van der Waals surface area (Å²) in [4.78, 5) is 10.4. The summed E-state index contributed by atoms with van der Waals surface area (Å²) in [6.07, 6.45) is 1.70. The minimum atomic E-state index is -0.475. The standard InChI is InChI=1S/C25H22N2O5/c1-2-30-25-17-19(16-21(18-26)20-9-11-22(12-10-20)27(28)29)8-13-24(25)32-15-14-31-23-6-4-3-5-7-23/h3-13,16-17H,2,14-15H2,1H3/b21-16+. The first-order valence-electron chi connectivity index (χ1n) is 10.0. The maximum absolute atomic E-state index is 10.8. The number of ether oxygens (including phenoxy) is 3. The predicted octanol–water partition coefficient (Wildman–Crippen LogP) is 5.52. The van der Waals surface area contributed by atoms with Crippen LogP contribution in [0.3, 0.4) is 0 Å². The van der Waals surface area contributed by atoms with Crippen LogP contribution in [0.15, 0.2) is 72.8 Å². The first kappa shape index (κ1) is 22.4. The Hall–Kier alpha value is -4.31. The van der Waals surface area contributed by atoms with Crippen molar-refractivity contribution in [1.82, 2.24) is 0 Å². The number of hydrogen-bond acceptors (Lipinski definition) is 6. The molecule has 3 aromatic rings. The molecule has 7 nitrogen and oxygen atoms in total. The third kappa shape index (κ3) is 6.09. The van der Waals surface area contributed by atoms with Crippen molar-refractivity contribution < 1.29 is 19.1 Å². The van der Waals surface area contributed by atoms with Crippen molar-refractivity contribution in [3.63, 3.8) is 0 Å². The van der Waals surface area contributed by atoms with E-state index in [2.05, 4.69) is 6.07 Å². The Morgan fingerprint density at radius 1 is 0.969 bits per heavy atom. The van der Waals surface area contributed by atoms with Gasteiger partial charge in [0.05, 0.1) is 23.2 Å². The summed E-state index contributed by atoms with van der Waals surface area (Å²) in [5, 5.41) is 20.4. The fraction of sp³-hybridized carbons (Fsp3) is 0.160. The van der Waals surface area contributed by atoms with E-state index in [0.29, 0.717) is 42.5 Å². The molecule has 0 aliphatic rings. The van der Waals surface area contributed by atoms with Crippen LogP contribution in [0.25, 0.3) is 11.6 Å². The van der Waals surface area contributed by atoms with E-state index >= 15 is 0 Å². The fourth-order valence-corrected chi connectivity index (χ4v) is 2.94. The molecule has 0 spiro atoms. The number of nitrogens with zero attached hydrogens (tertiary/aromatic N) is 2. The van der Waals surface area contributed by atoms with Gasteiger partial charge < -0.3 is 14.2 Å². The first-order valence-corrected chi connectivity index (χ1v) is 10.0. The highest BCUT2D eigenvalue weighted by Gasteiger charge is 2.09. The second-order valence-corrected chi connectivity index (χ2v) is 6.62. The van der Waals surface area contributed by atoms with E-state index in [1.54, 1.807) is 30.3 Å². The lowest BCUT2D eigenvalue weighted by Crippen LogP contribution is -2.09. The SMILES string of the molecule is CCOc1cc(/C=C(\C#N)c2ccc([N+](=O)[O-])cc2)ccc1OCCOc1ccccc1. The molecule has 0 atom stereocenters. The second kappa shape index (κ2) is 11.2. The van der Waals surface area contributed by atoms with Crippen molar-refractivity contribution in [2.75, 3.05) is 19.8 Å². The molecule has 0 aromatic heterocycles. The van der Waals surface area contributed by atoms with Gasteiger partial charge in [-0.2, -0.15) is 5.26 Å². The number of para-hydroxylation sites is 1. The number of allylic oxidation sites excluding steroid dienone is 1. The molecule has 7 heteroatoms. The Balaban J connectivity index is 1.72. The molecule has 0 fully saturated rings. The third-order valence-electron chi connectivity index (χ3n) is 4.44. The number of nitriles is 1. The molecule has 0 saturated heterocycles. The van der Waals surface area contributed by atoms with Crippen LogP contribution >= 0.6 is 0 Å². The molecule has 0 radical (unpaired) electrons. The van der Waals surface area contributed by atoms with Crippen molar-refractivity contribution in [3.8, 4) is 23.3 Å².